The summed E-state index contributed by atoms with van der Waals surface area (Å²) in [5, 5.41) is 0.154. The van der Waals surface area contributed by atoms with Crippen LogP contribution < -0.4 is 0 Å². The maximum absolute atomic E-state index is 12.4. The van der Waals surface area contributed by atoms with Crippen LogP contribution in [0, 0.1) is 0 Å². The van der Waals surface area contributed by atoms with Gasteiger partial charge in [0.25, 0.3) is 0 Å². The predicted octanol–water partition coefficient (Wildman–Crippen LogP) is 4.37. The summed E-state index contributed by atoms with van der Waals surface area (Å²) in [7, 11) is 0. The SMILES string of the molecule is CCc1cccc(SC(F)(F)F)c1CC(=O)CBr. The van der Waals surface area contributed by atoms with Gasteiger partial charge in [-0.25, -0.2) is 0 Å². The van der Waals surface area contributed by atoms with Crippen molar-refractivity contribution in [3.8, 4) is 0 Å². The third-order valence-corrected chi connectivity index (χ3v) is 3.82. The summed E-state index contributed by atoms with van der Waals surface area (Å²) in [5.41, 5.74) is -3.05. The van der Waals surface area contributed by atoms with Crippen molar-refractivity contribution in [3.63, 3.8) is 0 Å². The summed E-state index contributed by atoms with van der Waals surface area (Å²) >= 11 is 2.87. The molecule has 18 heavy (non-hydrogen) atoms. The molecule has 0 atom stereocenters. The van der Waals surface area contributed by atoms with E-state index in [4.69, 9.17) is 0 Å². The van der Waals surface area contributed by atoms with E-state index in [1.807, 2.05) is 6.92 Å². The van der Waals surface area contributed by atoms with E-state index in [0.29, 0.717) is 12.0 Å². The number of hydrogen-bond acceptors (Lipinski definition) is 2. The minimum absolute atomic E-state index is 0.0354. The minimum atomic E-state index is -4.33. The topological polar surface area (TPSA) is 17.1 Å². The van der Waals surface area contributed by atoms with Gasteiger partial charge >= 0.3 is 5.51 Å². The number of thioether (sulfide) groups is 1. The van der Waals surface area contributed by atoms with Crippen molar-refractivity contribution in [2.75, 3.05) is 5.33 Å². The summed E-state index contributed by atoms with van der Waals surface area (Å²) in [5.74, 6) is -0.125. The summed E-state index contributed by atoms with van der Waals surface area (Å²) in [6, 6.07) is 4.76. The van der Waals surface area contributed by atoms with Crippen molar-refractivity contribution in [1.29, 1.82) is 0 Å². The van der Waals surface area contributed by atoms with E-state index in [1.54, 1.807) is 12.1 Å². The van der Waals surface area contributed by atoms with Crippen LogP contribution in [0.15, 0.2) is 23.1 Å². The van der Waals surface area contributed by atoms with E-state index in [2.05, 4.69) is 15.9 Å². The lowest BCUT2D eigenvalue weighted by atomic mass is 10.0. The second kappa shape index (κ2) is 6.61. The average molecular weight is 341 g/mol. The van der Waals surface area contributed by atoms with Crippen LogP contribution >= 0.6 is 27.7 Å². The van der Waals surface area contributed by atoms with Crippen molar-refractivity contribution < 1.29 is 18.0 Å². The van der Waals surface area contributed by atoms with E-state index in [9.17, 15) is 18.0 Å². The van der Waals surface area contributed by atoms with Gasteiger partial charge in [-0.15, -0.1) is 0 Å². The molecule has 0 saturated carbocycles. The van der Waals surface area contributed by atoms with Gasteiger partial charge in [0.05, 0.1) is 5.33 Å². The van der Waals surface area contributed by atoms with Crippen molar-refractivity contribution in [2.24, 2.45) is 0 Å². The van der Waals surface area contributed by atoms with Gasteiger partial charge in [-0.3, -0.25) is 4.79 Å². The first kappa shape index (κ1) is 15.6. The van der Waals surface area contributed by atoms with Gasteiger partial charge < -0.3 is 0 Å². The molecule has 1 rings (SSSR count). The number of Topliss-reactive ketones (excluding diaryl/α,β-unsaturated/α-hetero) is 1. The Morgan fingerprint density at radius 2 is 2.06 bits per heavy atom. The molecule has 1 aromatic rings. The third kappa shape index (κ3) is 4.65. The van der Waals surface area contributed by atoms with Gasteiger partial charge in [0, 0.05) is 11.3 Å². The molecule has 0 aromatic heterocycles. The van der Waals surface area contributed by atoms with Crippen LogP contribution in [0.25, 0.3) is 0 Å². The standard InChI is InChI=1S/C12H12BrF3OS/c1-2-8-4-3-5-11(18-12(14,15)16)10(8)6-9(17)7-13/h3-5H,2,6-7H2,1H3. The molecule has 0 aliphatic rings. The number of halogens is 4. The fraction of sp³-hybridized carbons (Fsp3) is 0.417. The van der Waals surface area contributed by atoms with E-state index < -0.39 is 5.51 Å². The molecule has 0 fully saturated rings. The highest BCUT2D eigenvalue weighted by molar-refractivity contribution is 9.09. The van der Waals surface area contributed by atoms with Crippen molar-refractivity contribution in [1.82, 2.24) is 0 Å². The van der Waals surface area contributed by atoms with E-state index >= 15 is 0 Å². The molecule has 1 nitrogen and oxygen atoms in total. The molecule has 0 bridgehead atoms. The van der Waals surface area contributed by atoms with Crippen molar-refractivity contribution in [2.45, 2.75) is 30.2 Å². The van der Waals surface area contributed by atoms with E-state index in [-0.39, 0.29) is 34.2 Å². The highest BCUT2D eigenvalue weighted by Gasteiger charge is 2.30. The first-order valence-corrected chi connectivity index (χ1v) is 7.25. The number of hydrogen-bond donors (Lipinski definition) is 0. The van der Waals surface area contributed by atoms with Crippen LogP contribution in [0.5, 0.6) is 0 Å². The Morgan fingerprint density at radius 1 is 1.39 bits per heavy atom. The zero-order valence-electron chi connectivity index (χ0n) is 9.68. The Kier molecular flexibility index (Phi) is 5.72. The third-order valence-electron chi connectivity index (χ3n) is 2.36. The van der Waals surface area contributed by atoms with Crippen LogP contribution in [-0.4, -0.2) is 16.6 Å². The van der Waals surface area contributed by atoms with Gasteiger partial charge in [0.15, 0.2) is 0 Å². The monoisotopic (exact) mass is 340 g/mol. The average Bonchev–Trinajstić information content (AvgIpc) is 2.29. The number of aryl methyl sites for hydroxylation is 1. The van der Waals surface area contributed by atoms with Crippen LogP contribution in [-0.2, 0) is 17.6 Å². The zero-order valence-corrected chi connectivity index (χ0v) is 12.1. The van der Waals surface area contributed by atoms with Gasteiger partial charge in [-0.2, -0.15) is 13.2 Å². The molecule has 0 unspecified atom stereocenters. The molecule has 0 aliphatic heterocycles. The van der Waals surface area contributed by atoms with Crippen LogP contribution in [0.3, 0.4) is 0 Å². The Hall–Kier alpha value is -0.490. The fourth-order valence-corrected chi connectivity index (χ4v) is 2.53. The van der Waals surface area contributed by atoms with Crippen LogP contribution in [0.4, 0.5) is 13.2 Å². The molecular weight excluding hydrogens is 329 g/mol. The van der Waals surface area contributed by atoms with Gasteiger partial charge in [-0.05, 0) is 35.4 Å². The smallest absolute Gasteiger partial charge is 0.298 e. The quantitative estimate of drug-likeness (QED) is 0.584. The minimum Gasteiger partial charge on any atom is -0.298 e. The molecule has 0 radical (unpaired) electrons. The highest BCUT2D eigenvalue weighted by atomic mass is 79.9. The molecule has 100 valence electrons. The molecule has 6 heteroatoms. The summed E-state index contributed by atoms with van der Waals surface area (Å²) in [6.45, 7) is 1.86. The molecule has 0 spiro atoms. The maximum Gasteiger partial charge on any atom is 0.446 e. The lowest BCUT2D eigenvalue weighted by Gasteiger charge is -2.14. The largest absolute Gasteiger partial charge is 0.446 e. The van der Waals surface area contributed by atoms with Crippen molar-refractivity contribution in [3.05, 3.63) is 29.3 Å². The maximum atomic E-state index is 12.4. The summed E-state index contributed by atoms with van der Waals surface area (Å²) in [6.07, 6.45) is 0.644. The number of benzene rings is 1. The number of rotatable bonds is 5. The zero-order chi connectivity index (χ0) is 13.8. The molecule has 0 amide bonds. The Bertz CT molecular complexity index is 432. The first-order valence-electron chi connectivity index (χ1n) is 5.31. The van der Waals surface area contributed by atoms with Crippen LogP contribution in [0.1, 0.15) is 18.1 Å². The Labute approximate surface area is 116 Å². The first-order chi connectivity index (χ1) is 8.37. The van der Waals surface area contributed by atoms with E-state index in [0.717, 1.165) is 5.56 Å². The molecule has 1 aromatic carbocycles. The van der Waals surface area contributed by atoms with Gasteiger partial charge in [0.2, 0.25) is 0 Å². The van der Waals surface area contributed by atoms with E-state index in [1.165, 1.54) is 6.07 Å². The van der Waals surface area contributed by atoms with Crippen LogP contribution in [0.2, 0.25) is 0 Å². The van der Waals surface area contributed by atoms with Gasteiger partial charge in [-0.1, -0.05) is 35.0 Å². The molecule has 0 heterocycles. The normalized spacial score (nSPS) is 11.6. The van der Waals surface area contributed by atoms with Gasteiger partial charge in [0.1, 0.15) is 5.78 Å². The summed E-state index contributed by atoms with van der Waals surface area (Å²) in [4.78, 5) is 11.6. The Morgan fingerprint density at radius 3 is 2.56 bits per heavy atom. The molecule has 0 N–H and O–H groups in total. The van der Waals surface area contributed by atoms with Crippen molar-refractivity contribution >= 4 is 33.5 Å². The number of carbonyl (C=O) groups is 1. The second-order valence-corrected chi connectivity index (χ2v) is 5.31. The fourth-order valence-electron chi connectivity index (χ4n) is 1.61. The lowest BCUT2D eigenvalue weighted by molar-refractivity contribution is -0.115. The number of ketones is 1. The number of carbonyl (C=O) groups excluding carboxylic acids is 1. The predicted molar refractivity (Wildman–Crippen MR) is 70.2 cm³/mol. The molecular formula is C12H12BrF3OS. The lowest BCUT2D eigenvalue weighted by Crippen LogP contribution is -2.09. The summed E-state index contributed by atoms with van der Waals surface area (Å²) < 4.78 is 37.3. The molecule has 0 aliphatic carbocycles. The molecule has 0 saturated heterocycles. The second-order valence-electron chi connectivity index (χ2n) is 3.64. The highest BCUT2D eigenvalue weighted by Crippen LogP contribution is 2.39. The Balaban J connectivity index is 3.12. The number of alkyl halides is 4.